The van der Waals surface area contributed by atoms with Gasteiger partial charge >= 0.3 is 11.8 Å². The van der Waals surface area contributed by atoms with Crippen molar-refractivity contribution in [1.29, 1.82) is 0 Å². The normalized spacial score (nSPS) is 10.6. The molecule has 1 heterocycles. The Bertz CT molecular complexity index is 1090. The Morgan fingerprint density at radius 3 is 2.42 bits per heavy atom. The van der Waals surface area contributed by atoms with Gasteiger partial charge in [-0.25, -0.2) is 4.39 Å². The lowest BCUT2D eigenvalue weighted by atomic mass is 10.2. The zero-order valence-electron chi connectivity index (χ0n) is 15.6. The number of rotatable bonds is 8. The van der Waals surface area contributed by atoms with Gasteiger partial charge in [0, 0.05) is 24.7 Å². The average Bonchev–Trinajstić information content (AvgIpc) is 3.23. The van der Waals surface area contributed by atoms with Crippen LogP contribution in [0.15, 0.2) is 40.9 Å². The van der Waals surface area contributed by atoms with Crippen LogP contribution in [0.1, 0.15) is 10.7 Å². The molecule has 2 amide bonds. The van der Waals surface area contributed by atoms with E-state index in [0.717, 1.165) is 0 Å². The molecule has 0 fully saturated rings. The highest BCUT2D eigenvalue weighted by Crippen LogP contribution is 2.33. The molecule has 0 atom stereocenters. The second-order valence-corrected chi connectivity index (χ2v) is 7.24. The SMILES string of the molecule is O=C(COc1cc(Cl)c(Cl)cc1Cl)NCCNC(=O)c1nc(-c2ccc(F)cc2)no1. The van der Waals surface area contributed by atoms with Crippen LogP contribution < -0.4 is 15.4 Å². The summed E-state index contributed by atoms with van der Waals surface area (Å²) in [5.74, 6) is -1.35. The van der Waals surface area contributed by atoms with E-state index < -0.39 is 17.6 Å². The number of ether oxygens (including phenoxy) is 1. The van der Waals surface area contributed by atoms with E-state index in [0.29, 0.717) is 5.56 Å². The second kappa shape index (κ2) is 10.4. The zero-order chi connectivity index (χ0) is 22.4. The van der Waals surface area contributed by atoms with Crippen LogP contribution in [0.3, 0.4) is 0 Å². The van der Waals surface area contributed by atoms with Gasteiger partial charge in [0.05, 0.1) is 15.1 Å². The van der Waals surface area contributed by atoms with Crippen molar-refractivity contribution < 1.29 is 23.2 Å². The Balaban J connectivity index is 1.40. The number of carbonyl (C=O) groups is 2. The fraction of sp³-hybridized carbons (Fsp3) is 0.158. The van der Waals surface area contributed by atoms with Crippen LogP contribution in [0.2, 0.25) is 15.1 Å². The van der Waals surface area contributed by atoms with Crippen LogP contribution in [0, 0.1) is 5.82 Å². The lowest BCUT2D eigenvalue weighted by Crippen LogP contribution is -2.36. The molecule has 0 saturated carbocycles. The fourth-order valence-corrected chi connectivity index (χ4v) is 2.89. The van der Waals surface area contributed by atoms with Crippen LogP contribution in [0.25, 0.3) is 11.4 Å². The Morgan fingerprint density at radius 1 is 1.00 bits per heavy atom. The molecule has 0 bridgehead atoms. The molecule has 3 aromatic rings. The van der Waals surface area contributed by atoms with Crippen molar-refractivity contribution in [2.45, 2.75) is 0 Å². The van der Waals surface area contributed by atoms with Crippen molar-refractivity contribution in [3.05, 3.63) is 63.2 Å². The molecule has 0 aliphatic rings. The van der Waals surface area contributed by atoms with Crippen LogP contribution in [0.4, 0.5) is 4.39 Å². The first kappa shape index (κ1) is 22.8. The molecule has 31 heavy (non-hydrogen) atoms. The molecule has 2 aromatic carbocycles. The number of benzene rings is 2. The van der Waals surface area contributed by atoms with E-state index in [4.69, 9.17) is 44.1 Å². The van der Waals surface area contributed by atoms with Crippen LogP contribution >= 0.6 is 34.8 Å². The van der Waals surface area contributed by atoms with Crippen molar-refractivity contribution in [1.82, 2.24) is 20.8 Å². The Hall–Kier alpha value is -2.88. The summed E-state index contributed by atoms with van der Waals surface area (Å²) in [7, 11) is 0. The smallest absolute Gasteiger partial charge is 0.316 e. The summed E-state index contributed by atoms with van der Waals surface area (Å²) in [4.78, 5) is 27.9. The van der Waals surface area contributed by atoms with Crippen molar-refractivity contribution >= 4 is 46.6 Å². The number of aromatic nitrogens is 2. The fourth-order valence-electron chi connectivity index (χ4n) is 2.29. The third-order valence-corrected chi connectivity index (χ3v) is 4.81. The predicted octanol–water partition coefficient (Wildman–Crippen LogP) is 3.76. The minimum atomic E-state index is -0.617. The van der Waals surface area contributed by atoms with E-state index in [1.807, 2.05) is 0 Å². The van der Waals surface area contributed by atoms with Gasteiger partial charge in [0.1, 0.15) is 11.6 Å². The lowest BCUT2D eigenvalue weighted by molar-refractivity contribution is -0.123. The Labute approximate surface area is 190 Å². The maximum absolute atomic E-state index is 13.0. The Morgan fingerprint density at radius 2 is 1.68 bits per heavy atom. The molecule has 0 unspecified atom stereocenters. The minimum Gasteiger partial charge on any atom is -0.482 e. The summed E-state index contributed by atoms with van der Waals surface area (Å²) in [5.41, 5.74) is 0.499. The molecule has 0 radical (unpaired) electrons. The number of hydrogen-bond donors (Lipinski definition) is 2. The molecule has 3 rings (SSSR count). The molecule has 1 aromatic heterocycles. The highest BCUT2D eigenvalue weighted by Gasteiger charge is 2.16. The summed E-state index contributed by atoms with van der Waals surface area (Å²) in [6, 6.07) is 8.23. The van der Waals surface area contributed by atoms with Crippen molar-refractivity contribution in [2.75, 3.05) is 19.7 Å². The average molecular weight is 488 g/mol. The lowest BCUT2D eigenvalue weighted by Gasteiger charge is -2.10. The summed E-state index contributed by atoms with van der Waals surface area (Å²) in [6.07, 6.45) is 0. The molecule has 0 aliphatic carbocycles. The van der Waals surface area contributed by atoms with Gasteiger partial charge in [-0.05, 0) is 30.3 Å². The highest BCUT2D eigenvalue weighted by atomic mass is 35.5. The first-order valence-electron chi connectivity index (χ1n) is 8.75. The molecule has 162 valence electrons. The second-order valence-electron chi connectivity index (χ2n) is 6.02. The van der Waals surface area contributed by atoms with Gasteiger partial charge in [-0.15, -0.1) is 0 Å². The topological polar surface area (TPSA) is 106 Å². The van der Waals surface area contributed by atoms with Gasteiger partial charge < -0.3 is 19.9 Å². The number of hydrogen-bond acceptors (Lipinski definition) is 6. The minimum absolute atomic E-state index is 0.104. The van der Waals surface area contributed by atoms with E-state index in [-0.39, 0.29) is 52.2 Å². The van der Waals surface area contributed by atoms with E-state index in [1.165, 1.54) is 36.4 Å². The summed E-state index contributed by atoms with van der Waals surface area (Å²) in [6.45, 7) is -0.0787. The molecular weight excluding hydrogens is 474 g/mol. The Kier molecular flexibility index (Phi) is 7.67. The standard InChI is InChI=1S/C19H14Cl3FN4O4/c20-12-7-14(22)15(8-13(12)21)30-9-16(28)24-5-6-25-18(29)19-26-17(27-31-19)10-1-3-11(23)4-2-10/h1-4,7-8H,5-6,9H2,(H,24,28)(H,25,29). The van der Waals surface area contributed by atoms with Gasteiger partial charge in [-0.3, -0.25) is 9.59 Å². The van der Waals surface area contributed by atoms with E-state index >= 15 is 0 Å². The van der Waals surface area contributed by atoms with E-state index in [9.17, 15) is 14.0 Å². The monoisotopic (exact) mass is 486 g/mol. The van der Waals surface area contributed by atoms with Gasteiger partial charge in [0.2, 0.25) is 5.82 Å². The van der Waals surface area contributed by atoms with Crippen molar-refractivity contribution in [3.63, 3.8) is 0 Å². The summed E-state index contributed by atoms with van der Waals surface area (Å²) < 4.78 is 23.2. The molecule has 0 aliphatic heterocycles. The maximum atomic E-state index is 13.0. The number of amides is 2. The molecular formula is C19H14Cl3FN4O4. The quantitative estimate of drug-likeness (QED) is 0.370. The molecule has 12 heteroatoms. The number of nitrogens with one attached hydrogen (secondary N) is 2. The molecule has 0 spiro atoms. The summed E-state index contributed by atoms with van der Waals surface area (Å²) >= 11 is 17.7. The van der Waals surface area contributed by atoms with Crippen LogP contribution in [0.5, 0.6) is 5.75 Å². The maximum Gasteiger partial charge on any atom is 0.316 e. The largest absolute Gasteiger partial charge is 0.482 e. The summed E-state index contributed by atoms with van der Waals surface area (Å²) in [5, 5.41) is 9.49. The van der Waals surface area contributed by atoms with Gasteiger partial charge in [0.15, 0.2) is 6.61 Å². The van der Waals surface area contributed by atoms with Crippen molar-refractivity contribution in [3.8, 4) is 17.1 Å². The first-order valence-corrected chi connectivity index (χ1v) is 9.89. The number of halogens is 4. The first-order chi connectivity index (χ1) is 14.8. The van der Waals surface area contributed by atoms with Crippen LogP contribution in [-0.4, -0.2) is 41.7 Å². The zero-order valence-corrected chi connectivity index (χ0v) is 17.9. The van der Waals surface area contributed by atoms with Gasteiger partial charge in [-0.1, -0.05) is 40.0 Å². The van der Waals surface area contributed by atoms with Crippen molar-refractivity contribution in [2.24, 2.45) is 0 Å². The third kappa shape index (κ3) is 6.30. The van der Waals surface area contributed by atoms with Gasteiger partial charge in [0.25, 0.3) is 5.91 Å². The van der Waals surface area contributed by atoms with E-state index in [2.05, 4.69) is 20.8 Å². The third-order valence-electron chi connectivity index (χ3n) is 3.79. The molecule has 8 nitrogen and oxygen atoms in total. The van der Waals surface area contributed by atoms with E-state index in [1.54, 1.807) is 0 Å². The predicted molar refractivity (Wildman–Crippen MR) is 112 cm³/mol. The molecule has 2 N–H and O–H groups in total. The highest BCUT2D eigenvalue weighted by molar-refractivity contribution is 6.43. The number of carbonyl (C=O) groups excluding carboxylic acids is 2. The van der Waals surface area contributed by atoms with Crippen LogP contribution in [-0.2, 0) is 4.79 Å². The van der Waals surface area contributed by atoms with Gasteiger partial charge in [-0.2, -0.15) is 4.98 Å². The molecule has 0 saturated heterocycles. The number of nitrogens with zero attached hydrogens (tertiary/aromatic N) is 2.